The number of carbonyl (C=O) groups excluding carboxylic acids is 2. The van der Waals surface area contributed by atoms with Crippen LogP contribution in [0.4, 0.5) is 0 Å². The van der Waals surface area contributed by atoms with Crippen LogP contribution in [0.3, 0.4) is 0 Å². The van der Waals surface area contributed by atoms with Crippen molar-refractivity contribution in [1.82, 2.24) is 9.88 Å². The second-order valence-electron chi connectivity index (χ2n) is 5.19. The molecule has 3 heterocycles. The van der Waals surface area contributed by atoms with Gasteiger partial charge in [-0.1, -0.05) is 0 Å². The third kappa shape index (κ3) is 3.48. The second-order valence-corrected chi connectivity index (χ2v) is 6.08. The first kappa shape index (κ1) is 16.5. The van der Waals surface area contributed by atoms with Gasteiger partial charge in [-0.2, -0.15) is 0 Å². The van der Waals surface area contributed by atoms with Crippen LogP contribution < -0.4 is 24.0 Å². The van der Waals surface area contributed by atoms with Gasteiger partial charge in [-0.05, 0) is 12.8 Å². The molecule has 0 aromatic carbocycles. The average Bonchev–Trinajstić information content (AvgIpc) is 2.86. The van der Waals surface area contributed by atoms with E-state index < -0.39 is 5.97 Å². The van der Waals surface area contributed by atoms with Gasteiger partial charge < -0.3 is 19.5 Å². The topological polar surface area (TPSA) is 82.6 Å². The Labute approximate surface area is 138 Å². The van der Waals surface area contributed by atoms with Gasteiger partial charge in [0.05, 0.1) is 35.8 Å². The van der Waals surface area contributed by atoms with Crippen molar-refractivity contribution in [3.63, 3.8) is 0 Å². The zero-order chi connectivity index (χ0) is 14.1. The van der Waals surface area contributed by atoms with Crippen LogP contribution in [0.5, 0.6) is 0 Å². The molecule has 0 saturated carbocycles. The minimum absolute atomic E-state index is 0. The number of likely N-dealkylation sites (tertiary alicyclic amines) is 1. The summed E-state index contributed by atoms with van der Waals surface area (Å²) in [4.78, 5) is 28.8. The molecule has 0 spiro atoms. The fourth-order valence-electron chi connectivity index (χ4n) is 2.55. The number of carboxylic acid groups (broad SMARTS) is 1. The molecule has 6 nitrogen and oxygen atoms in total. The maximum absolute atomic E-state index is 12.1. The molecule has 0 atom stereocenters. The maximum atomic E-state index is 12.1. The van der Waals surface area contributed by atoms with Crippen molar-refractivity contribution in [2.75, 3.05) is 26.3 Å². The molecule has 2 aliphatic heterocycles. The summed E-state index contributed by atoms with van der Waals surface area (Å²) in [5.41, 5.74) is 0.00937. The van der Waals surface area contributed by atoms with E-state index in [0.29, 0.717) is 26.3 Å². The zero-order valence-electron chi connectivity index (χ0n) is 11.9. The Morgan fingerprint density at radius 3 is 2.48 bits per heavy atom. The van der Waals surface area contributed by atoms with Gasteiger partial charge in [-0.25, -0.2) is 4.98 Å². The molecule has 0 unspecified atom stereocenters. The van der Waals surface area contributed by atoms with Gasteiger partial charge in [0.2, 0.25) is 5.91 Å². The second kappa shape index (κ2) is 6.92. The molecule has 2 fully saturated rings. The normalized spacial score (nSPS) is 19.7. The van der Waals surface area contributed by atoms with E-state index in [1.165, 1.54) is 16.7 Å². The van der Waals surface area contributed by atoms with E-state index in [0.717, 1.165) is 17.8 Å². The van der Waals surface area contributed by atoms with Gasteiger partial charge in [0.15, 0.2) is 0 Å². The number of aromatic carboxylic acids is 1. The van der Waals surface area contributed by atoms with E-state index in [1.807, 2.05) is 4.90 Å². The Balaban J connectivity index is 0.00000161. The van der Waals surface area contributed by atoms with Crippen LogP contribution in [0.25, 0.3) is 0 Å². The predicted molar refractivity (Wildman–Crippen MR) is 69.3 cm³/mol. The van der Waals surface area contributed by atoms with Gasteiger partial charge in [-0.3, -0.25) is 4.79 Å². The summed E-state index contributed by atoms with van der Waals surface area (Å²) in [5, 5.41) is 13.1. The fourth-order valence-corrected chi connectivity index (χ4v) is 3.51. The van der Waals surface area contributed by atoms with Crippen molar-refractivity contribution >= 4 is 23.2 Å². The summed E-state index contributed by atoms with van der Waals surface area (Å²) in [6.45, 7) is 2.50. The average molecular weight is 302 g/mol. The third-order valence-electron chi connectivity index (χ3n) is 3.87. The first-order chi connectivity index (χ1) is 9.65. The summed E-state index contributed by atoms with van der Waals surface area (Å²) in [7, 11) is 0. The quantitative estimate of drug-likeness (QED) is 0.551. The maximum Gasteiger partial charge on any atom is 1.00 e. The molecule has 1 aromatic rings. The Morgan fingerprint density at radius 2 is 2.00 bits per heavy atom. The van der Waals surface area contributed by atoms with Gasteiger partial charge in [-0.15, -0.1) is 11.3 Å². The number of nitrogens with zero attached hydrogens (tertiary/aromatic N) is 2. The predicted octanol–water partition coefficient (Wildman–Crippen LogP) is -3.14. The van der Waals surface area contributed by atoms with Crippen molar-refractivity contribution in [3.05, 3.63) is 16.1 Å². The van der Waals surface area contributed by atoms with E-state index >= 15 is 0 Å². The SMILES string of the molecule is O=C([O-])c1csc(C2CCN(C(=O)C3COC3)CC2)n1.[Li+]. The van der Waals surface area contributed by atoms with Crippen LogP contribution in [0.1, 0.15) is 34.3 Å². The van der Waals surface area contributed by atoms with Crippen molar-refractivity contribution in [2.24, 2.45) is 5.92 Å². The molecule has 1 aromatic heterocycles. The number of hydrogen-bond acceptors (Lipinski definition) is 6. The minimum atomic E-state index is -1.23. The summed E-state index contributed by atoms with van der Waals surface area (Å²) in [5.74, 6) is -0.764. The van der Waals surface area contributed by atoms with E-state index in [2.05, 4.69) is 4.98 Å². The number of carboxylic acids is 1. The van der Waals surface area contributed by atoms with Crippen LogP contribution >= 0.6 is 11.3 Å². The summed E-state index contributed by atoms with van der Waals surface area (Å²) in [6, 6.07) is 0. The summed E-state index contributed by atoms with van der Waals surface area (Å²) in [6.07, 6.45) is 1.67. The van der Waals surface area contributed by atoms with Crippen LogP contribution in [0.2, 0.25) is 0 Å². The molecule has 0 bridgehead atoms. The molecule has 2 aliphatic rings. The Kier molecular flexibility index (Phi) is 5.44. The molecule has 2 saturated heterocycles. The molecule has 8 heteroatoms. The van der Waals surface area contributed by atoms with Crippen molar-refractivity contribution < 1.29 is 38.3 Å². The summed E-state index contributed by atoms with van der Waals surface area (Å²) < 4.78 is 5.05. The van der Waals surface area contributed by atoms with Gasteiger partial charge >= 0.3 is 18.9 Å². The molecular weight excluding hydrogens is 287 g/mol. The number of carbonyl (C=O) groups is 2. The molecule has 108 valence electrons. The number of hydrogen-bond donors (Lipinski definition) is 0. The van der Waals surface area contributed by atoms with E-state index in [-0.39, 0.29) is 42.3 Å². The van der Waals surface area contributed by atoms with Crippen molar-refractivity contribution in [3.8, 4) is 0 Å². The van der Waals surface area contributed by atoms with E-state index in [9.17, 15) is 14.7 Å². The number of thiazole rings is 1. The van der Waals surface area contributed by atoms with Crippen LogP contribution in [-0.2, 0) is 9.53 Å². The number of amides is 1. The minimum Gasteiger partial charge on any atom is -0.543 e. The van der Waals surface area contributed by atoms with Gasteiger partial charge in [0, 0.05) is 24.4 Å². The zero-order valence-corrected chi connectivity index (χ0v) is 12.7. The molecule has 3 rings (SSSR count). The molecule has 1 amide bonds. The van der Waals surface area contributed by atoms with Crippen LogP contribution in [0, 0.1) is 5.92 Å². The molecule has 21 heavy (non-hydrogen) atoms. The van der Waals surface area contributed by atoms with Crippen LogP contribution in [0.15, 0.2) is 5.38 Å². The van der Waals surface area contributed by atoms with Gasteiger partial charge in [0.1, 0.15) is 0 Å². The Hall–Kier alpha value is -0.873. The van der Waals surface area contributed by atoms with E-state index in [4.69, 9.17) is 4.74 Å². The third-order valence-corrected chi connectivity index (χ3v) is 4.88. The first-order valence-corrected chi connectivity index (χ1v) is 7.56. The molecule has 0 radical (unpaired) electrons. The Bertz CT molecular complexity index is 524. The van der Waals surface area contributed by atoms with Crippen molar-refractivity contribution in [2.45, 2.75) is 18.8 Å². The molecular formula is C13H15LiN2O4S. The smallest absolute Gasteiger partial charge is 0.543 e. The number of aromatic nitrogens is 1. The van der Waals surface area contributed by atoms with E-state index in [1.54, 1.807) is 0 Å². The molecule has 0 N–H and O–H groups in total. The standard InChI is InChI=1S/C13H16N2O4S.Li/c16-12(9-5-19-6-9)15-3-1-8(2-4-15)11-14-10(7-20-11)13(17)18;/h7-9H,1-6H2,(H,17,18);/q;+1/p-1. The van der Waals surface area contributed by atoms with Crippen molar-refractivity contribution in [1.29, 1.82) is 0 Å². The first-order valence-electron chi connectivity index (χ1n) is 6.68. The number of ether oxygens (including phenoxy) is 1. The summed E-state index contributed by atoms with van der Waals surface area (Å²) >= 11 is 1.36. The van der Waals surface area contributed by atoms with Crippen LogP contribution in [-0.4, -0.2) is 48.1 Å². The van der Waals surface area contributed by atoms with Gasteiger partial charge in [0.25, 0.3) is 0 Å². The fraction of sp³-hybridized carbons (Fsp3) is 0.615. The Morgan fingerprint density at radius 1 is 1.33 bits per heavy atom. The monoisotopic (exact) mass is 302 g/mol. The number of piperidine rings is 1. The number of rotatable bonds is 3. The molecule has 0 aliphatic carbocycles. The largest absolute Gasteiger partial charge is 1.00 e.